The van der Waals surface area contributed by atoms with Crippen LogP contribution in [0.1, 0.15) is 17.0 Å². The number of alkyl halides is 1. The second-order valence-electron chi connectivity index (χ2n) is 3.27. The number of aromatic nitrogens is 2. The van der Waals surface area contributed by atoms with Crippen LogP contribution in [-0.4, -0.2) is 9.97 Å². The third-order valence-corrected chi connectivity index (χ3v) is 3.00. The zero-order chi connectivity index (χ0) is 9.42. The molecular weight excluding hydrogens is 275 g/mol. The topological polar surface area (TPSA) is 28.7 Å². The van der Waals surface area contributed by atoms with E-state index in [1.54, 1.807) is 0 Å². The van der Waals surface area contributed by atoms with Crippen LogP contribution >= 0.6 is 22.6 Å². The highest BCUT2D eigenvalue weighted by molar-refractivity contribution is 14.1. The fourth-order valence-electron chi connectivity index (χ4n) is 1.39. The lowest BCUT2D eigenvalue weighted by Crippen LogP contribution is -1.79. The molecule has 13 heavy (non-hydrogen) atoms. The number of nitrogens with zero attached hydrogens (tertiary/aromatic N) is 1. The summed E-state index contributed by atoms with van der Waals surface area (Å²) in [5.74, 6) is 1.06. The third-order valence-electron chi connectivity index (χ3n) is 2.27. The second-order valence-corrected chi connectivity index (χ2v) is 4.03. The number of hydrogen-bond donors (Lipinski definition) is 1. The Morgan fingerprint density at radius 1 is 1.31 bits per heavy atom. The molecule has 0 spiro atoms. The van der Waals surface area contributed by atoms with E-state index in [-0.39, 0.29) is 0 Å². The first-order valence-corrected chi connectivity index (χ1v) is 5.75. The van der Waals surface area contributed by atoms with Crippen LogP contribution in [0.3, 0.4) is 0 Å². The van der Waals surface area contributed by atoms with Crippen LogP contribution < -0.4 is 0 Å². The molecule has 2 aromatic rings. The smallest absolute Gasteiger partial charge is 0.117 e. The van der Waals surface area contributed by atoms with Gasteiger partial charge in [-0.3, -0.25) is 0 Å². The minimum absolute atomic E-state index is 0.935. The first-order chi connectivity index (χ1) is 6.20. The molecule has 0 saturated carbocycles. The van der Waals surface area contributed by atoms with E-state index in [1.165, 1.54) is 11.1 Å². The zero-order valence-electron chi connectivity index (χ0n) is 7.69. The lowest BCUT2D eigenvalue weighted by molar-refractivity contribution is 1.16. The van der Waals surface area contributed by atoms with E-state index in [1.807, 2.05) is 0 Å². The molecular formula is C10H11IN2. The Morgan fingerprint density at radius 2 is 2.00 bits per heavy atom. The van der Waals surface area contributed by atoms with Gasteiger partial charge in [0.05, 0.1) is 15.5 Å². The number of aromatic amines is 1. The molecule has 68 valence electrons. The normalized spacial score (nSPS) is 11.0. The highest BCUT2D eigenvalue weighted by atomic mass is 127. The molecule has 1 N–H and O–H groups in total. The molecule has 2 nitrogen and oxygen atoms in total. The van der Waals surface area contributed by atoms with Crippen molar-refractivity contribution in [3.8, 4) is 0 Å². The Morgan fingerprint density at radius 3 is 2.69 bits per heavy atom. The van der Waals surface area contributed by atoms with Gasteiger partial charge in [0.1, 0.15) is 5.82 Å². The lowest BCUT2D eigenvalue weighted by Gasteiger charge is -1.97. The van der Waals surface area contributed by atoms with Crippen LogP contribution in [-0.2, 0) is 4.43 Å². The minimum Gasteiger partial charge on any atom is -0.341 e. The van der Waals surface area contributed by atoms with Crippen LogP contribution in [0.4, 0.5) is 0 Å². The van der Waals surface area contributed by atoms with Gasteiger partial charge in [0.15, 0.2) is 0 Å². The van der Waals surface area contributed by atoms with Crippen molar-refractivity contribution < 1.29 is 0 Å². The summed E-state index contributed by atoms with van der Waals surface area (Å²) >= 11 is 2.31. The summed E-state index contributed by atoms with van der Waals surface area (Å²) in [5.41, 5.74) is 4.85. The summed E-state index contributed by atoms with van der Waals surface area (Å²) < 4.78 is 0.935. The number of fused-ring (bicyclic) bond motifs is 1. The van der Waals surface area contributed by atoms with Crippen molar-refractivity contribution in [1.82, 2.24) is 9.97 Å². The van der Waals surface area contributed by atoms with E-state index in [2.05, 4.69) is 58.5 Å². The van der Waals surface area contributed by atoms with Gasteiger partial charge in [-0.05, 0) is 37.1 Å². The fourth-order valence-corrected chi connectivity index (χ4v) is 1.75. The van der Waals surface area contributed by atoms with E-state index < -0.39 is 0 Å². The molecule has 1 aromatic carbocycles. The number of benzene rings is 1. The number of rotatable bonds is 1. The van der Waals surface area contributed by atoms with Crippen molar-refractivity contribution in [2.45, 2.75) is 18.3 Å². The molecule has 0 unspecified atom stereocenters. The van der Waals surface area contributed by atoms with Crippen molar-refractivity contribution in [3.63, 3.8) is 0 Å². The van der Waals surface area contributed by atoms with Gasteiger partial charge in [0.2, 0.25) is 0 Å². The summed E-state index contributed by atoms with van der Waals surface area (Å²) in [4.78, 5) is 7.76. The first-order valence-electron chi connectivity index (χ1n) is 4.22. The molecule has 1 heterocycles. The van der Waals surface area contributed by atoms with Crippen molar-refractivity contribution in [3.05, 3.63) is 29.1 Å². The Bertz CT molecular complexity index is 406. The first kappa shape index (κ1) is 8.99. The maximum absolute atomic E-state index is 4.47. The molecule has 3 heteroatoms. The summed E-state index contributed by atoms with van der Waals surface area (Å²) in [5, 5.41) is 0. The van der Waals surface area contributed by atoms with Gasteiger partial charge in [-0.25, -0.2) is 4.98 Å². The van der Waals surface area contributed by atoms with Gasteiger partial charge in [-0.15, -0.1) is 0 Å². The third kappa shape index (κ3) is 1.57. The molecule has 0 atom stereocenters. The average Bonchev–Trinajstić information content (AvgIpc) is 2.48. The van der Waals surface area contributed by atoms with Gasteiger partial charge in [-0.1, -0.05) is 22.6 Å². The van der Waals surface area contributed by atoms with Crippen LogP contribution in [0.5, 0.6) is 0 Å². The molecule has 0 saturated heterocycles. The Labute approximate surface area is 90.9 Å². The second kappa shape index (κ2) is 3.29. The molecule has 0 radical (unpaired) electrons. The van der Waals surface area contributed by atoms with E-state index in [9.17, 15) is 0 Å². The van der Waals surface area contributed by atoms with E-state index in [4.69, 9.17) is 0 Å². The fraction of sp³-hybridized carbons (Fsp3) is 0.300. The number of H-pyrrole nitrogens is 1. The summed E-state index contributed by atoms with van der Waals surface area (Å²) in [6.45, 7) is 4.24. The molecule has 2 rings (SSSR count). The van der Waals surface area contributed by atoms with Gasteiger partial charge >= 0.3 is 0 Å². The molecule has 0 amide bonds. The highest BCUT2D eigenvalue weighted by Crippen LogP contribution is 2.17. The van der Waals surface area contributed by atoms with Crippen molar-refractivity contribution in [2.75, 3.05) is 0 Å². The number of hydrogen-bond acceptors (Lipinski definition) is 1. The molecule has 1 aromatic heterocycles. The SMILES string of the molecule is Cc1cc2nc(CI)[nH]c2cc1C. The Hall–Kier alpha value is -0.580. The van der Waals surface area contributed by atoms with Gasteiger partial charge in [0, 0.05) is 0 Å². The molecule has 0 fully saturated rings. The maximum atomic E-state index is 4.47. The number of aryl methyl sites for hydroxylation is 2. The maximum Gasteiger partial charge on any atom is 0.117 e. The predicted molar refractivity (Wildman–Crippen MR) is 63.3 cm³/mol. The predicted octanol–water partition coefficient (Wildman–Crippen LogP) is 3.11. The minimum atomic E-state index is 0.935. The van der Waals surface area contributed by atoms with E-state index >= 15 is 0 Å². The average molecular weight is 286 g/mol. The van der Waals surface area contributed by atoms with Crippen molar-refractivity contribution >= 4 is 33.6 Å². The van der Waals surface area contributed by atoms with E-state index in [0.717, 1.165) is 21.3 Å². The van der Waals surface area contributed by atoms with Crippen LogP contribution in [0.25, 0.3) is 11.0 Å². The standard InChI is InChI=1S/C10H11IN2/c1-6-3-8-9(4-7(6)2)13-10(5-11)12-8/h3-4H,5H2,1-2H3,(H,12,13). The zero-order valence-corrected chi connectivity index (χ0v) is 9.84. The summed E-state index contributed by atoms with van der Waals surface area (Å²) in [6.07, 6.45) is 0. The molecule has 0 aliphatic rings. The summed E-state index contributed by atoms with van der Waals surface area (Å²) in [7, 11) is 0. The molecule has 0 aliphatic heterocycles. The number of nitrogens with one attached hydrogen (secondary N) is 1. The van der Waals surface area contributed by atoms with Gasteiger partial charge in [0.25, 0.3) is 0 Å². The monoisotopic (exact) mass is 286 g/mol. The van der Waals surface area contributed by atoms with E-state index in [0.29, 0.717) is 0 Å². The van der Waals surface area contributed by atoms with Gasteiger partial charge in [-0.2, -0.15) is 0 Å². The largest absolute Gasteiger partial charge is 0.341 e. The molecule has 0 aliphatic carbocycles. The Kier molecular flexibility index (Phi) is 2.27. The quantitative estimate of drug-likeness (QED) is 0.633. The van der Waals surface area contributed by atoms with Gasteiger partial charge < -0.3 is 4.98 Å². The van der Waals surface area contributed by atoms with Crippen LogP contribution in [0, 0.1) is 13.8 Å². The van der Waals surface area contributed by atoms with Crippen LogP contribution in [0.15, 0.2) is 12.1 Å². The van der Waals surface area contributed by atoms with Crippen LogP contribution in [0.2, 0.25) is 0 Å². The van der Waals surface area contributed by atoms with Crippen molar-refractivity contribution in [1.29, 1.82) is 0 Å². The summed E-state index contributed by atoms with van der Waals surface area (Å²) in [6, 6.07) is 4.30. The number of imidazole rings is 1. The lowest BCUT2D eigenvalue weighted by atomic mass is 10.1. The highest BCUT2D eigenvalue weighted by Gasteiger charge is 2.02. The number of halogens is 1. The molecule has 0 bridgehead atoms. The van der Waals surface area contributed by atoms with Crippen molar-refractivity contribution in [2.24, 2.45) is 0 Å². The Balaban J connectivity index is 2.70.